The van der Waals surface area contributed by atoms with Crippen molar-refractivity contribution in [1.29, 1.82) is 5.41 Å². The topological polar surface area (TPSA) is 98.9 Å². The van der Waals surface area contributed by atoms with Crippen molar-refractivity contribution in [3.8, 4) is 0 Å². The number of nitrogens with zero attached hydrogens (tertiary/aromatic N) is 2. The van der Waals surface area contributed by atoms with E-state index in [2.05, 4.69) is 4.98 Å². The first-order valence-electron chi connectivity index (χ1n) is 10.5. The molecule has 0 saturated heterocycles. The number of nitrogens with two attached hydrogens (primary N) is 1. The number of allylic oxidation sites excluding steroid dienone is 1. The number of H-pyrrole nitrogens is 1. The molecule has 0 amide bonds. The van der Waals surface area contributed by atoms with Gasteiger partial charge in [-0.3, -0.25) is 4.79 Å². The summed E-state index contributed by atoms with van der Waals surface area (Å²) in [7, 11) is 0. The molecular weight excluding hydrogens is 412 g/mol. The van der Waals surface area contributed by atoms with Gasteiger partial charge in [-0.15, -0.1) is 0 Å². The van der Waals surface area contributed by atoms with Crippen LogP contribution in [0, 0.1) is 5.41 Å². The number of aldehydes is 1. The highest BCUT2D eigenvalue weighted by Crippen LogP contribution is 2.40. The van der Waals surface area contributed by atoms with Gasteiger partial charge in [0, 0.05) is 52.9 Å². The number of anilines is 2. The van der Waals surface area contributed by atoms with Crippen molar-refractivity contribution in [2.45, 2.75) is 39.0 Å². The van der Waals surface area contributed by atoms with Crippen molar-refractivity contribution in [2.75, 3.05) is 11.4 Å². The standard InChI is InChI=1S/C24H25F2N5O/c1-13(2)22-23-18(16(12-32)11-29-23)8-21(30-22)31-5-3-4-14-6-17(15(9-27)10-28)19(24(25)26)7-20(14)31/h6-13,24,27,29H,3-5,28H2,1-2H3/b15-10+,27-9?. The van der Waals surface area contributed by atoms with Crippen LogP contribution in [0.5, 0.6) is 0 Å². The van der Waals surface area contributed by atoms with Crippen molar-refractivity contribution >= 4 is 40.5 Å². The Labute approximate surface area is 184 Å². The van der Waals surface area contributed by atoms with Crippen LogP contribution in [0.2, 0.25) is 0 Å². The quantitative estimate of drug-likeness (QED) is 0.352. The fourth-order valence-electron chi connectivity index (χ4n) is 4.34. The van der Waals surface area contributed by atoms with E-state index in [-0.39, 0.29) is 22.6 Å². The second-order valence-corrected chi connectivity index (χ2v) is 8.20. The zero-order valence-electron chi connectivity index (χ0n) is 18.0. The number of carbonyl (C=O) groups is 1. The Hall–Kier alpha value is -3.55. The first-order valence-corrected chi connectivity index (χ1v) is 10.5. The number of pyridine rings is 1. The lowest BCUT2D eigenvalue weighted by atomic mass is 9.92. The van der Waals surface area contributed by atoms with Gasteiger partial charge in [0.2, 0.25) is 0 Å². The molecule has 1 aromatic carbocycles. The summed E-state index contributed by atoms with van der Waals surface area (Å²) in [4.78, 5) is 21.5. The molecule has 32 heavy (non-hydrogen) atoms. The van der Waals surface area contributed by atoms with Crippen LogP contribution >= 0.6 is 0 Å². The number of aryl methyl sites for hydroxylation is 1. The van der Waals surface area contributed by atoms with Crippen LogP contribution in [-0.4, -0.2) is 29.0 Å². The predicted octanol–water partition coefficient (Wildman–Crippen LogP) is 5.47. The van der Waals surface area contributed by atoms with Crippen LogP contribution in [0.15, 0.2) is 30.6 Å². The van der Waals surface area contributed by atoms with Crippen molar-refractivity contribution < 1.29 is 13.6 Å². The van der Waals surface area contributed by atoms with E-state index in [0.29, 0.717) is 23.6 Å². The molecule has 4 N–H and O–H groups in total. The molecule has 0 atom stereocenters. The molecule has 2 aromatic heterocycles. The van der Waals surface area contributed by atoms with Crippen molar-refractivity contribution in [3.63, 3.8) is 0 Å². The predicted molar refractivity (Wildman–Crippen MR) is 123 cm³/mol. The van der Waals surface area contributed by atoms with E-state index < -0.39 is 6.43 Å². The average Bonchev–Trinajstić information content (AvgIpc) is 3.21. The van der Waals surface area contributed by atoms with Gasteiger partial charge in [0.15, 0.2) is 6.29 Å². The molecule has 0 unspecified atom stereocenters. The van der Waals surface area contributed by atoms with Gasteiger partial charge in [-0.25, -0.2) is 13.8 Å². The molecule has 0 radical (unpaired) electrons. The summed E-state index contributed by atoms with van der Waals surface area (Å²) >= 11 is 0. The molecule has 3 heterocycles. The SMILES string of the molecule is CC(C)c1nc(N2CCCc3cc(/C(C=N)=C/N)c(C(F)F)cc32)cc2c(C=O)c[nH]c12. The van der Waals surface area contributed by atoms with Crippen molar-refractivity contribution in [1.82, 2.24) is 9.97 Å². The highest BCUT2D eigenvalue weighted by Gasteiger charge is 2.26. The zero-order valence-corrected chi connectivity index (χ0v) is 18.0. The maximum absolute atomic E-state index is 14.0. The summed E-state index contributed by atoms with van der Waals surface area (Å²) in [6.07, 6.45) is 3.46. The van der Waals surface area contributed by atoms with Crippen LogP contribution in [-0.2, 0) is 6.42 Å². The fourth-order valence-corrected chi connectivity index (χ4v) is 4.34. The molecule has 0 spiro atoms. The van der Waals surface area contributed by atoms with E-state index in [0.717, 1.165) is 47.5 Å². The fraction of sp³-hybridized carbons (Fsp3) is 0.292. The molecule has 166 valence electrons. The monoisotopic (exact) mass is 437 g/mol. The Morgan fingerprint density at radius 3 is 2.72 bits per heavy atom. The Morgan fingerprint density at radius 1 is 1.31 bits per heavy atom. The number of rotatable bonds is 6. The summed E-state index contributed by atoms with van der Waals surface area (Å²) < 4.78 is 28.0. The van der Waals surface area contributed by atoms with Crippen LogP contribution in [0.25, 0.3) is 16.5 Å². The van der Waals surface area contributed by atoms with Crippen LogP contribution in [0.4, 0.5) is 20.3 Å². The maximum atomic E-state index is 14.0. The number of aromatic nitrogens is 2. The molecule has 0 fully saturated rings. The Balaban J connectivity index is 1.93. The van der Waals surface area contributed by atoms with Gasteiger partial charge in [0.1, 0.15) is 5.82 Å². The number of carbonyl (C=O) groups excluding carboxylic acids is 1. The minimum Gasteiger partial charge on any atom is -0.404 e. The average molecular weight is 437 g/mol. The van der Waals surface area contributed by atoms with E-state index in [9.17, 15) is 13.6 Å². The molecule has 0 bridgehead atoms. The zero-order chi connectivity index (χ0) is 23.0. The van der Waals surface area contributed by atoms with Crippen LogP contribution in [0.1, 0.15) is 65.4 Å². The summed E-state index contributed by atoms with van der Waals surface area (Å²) in [5, 5.41) is 8.31. The third-order valence-corrected chi connectivity index (χ3v) is 5.92. The van der Waals surface area contributed by atoms with Gasteiger partial charge in [-0.1, -0.05) is 13.8 Å². The number of halogens is 2. The number of nitrogens with one attached hydrogen (secondary N) is 2. The number of alkyl halides is 2. The van der Waals surface area contributed by atoms with Crippen LogP contribution in [0.3, 0.4) is 0 Å². The van der Waals surface area contributed by atoms with Gasteiger partial charge in [-0.2, -0.15) is 0 Å². The van der Waals surface area contributed by atoms with Crippen LogP contribution < -0.4 is 10.6 Å². The smallest absolute Gasteiger partial charge is 0.264 e. The third-order valence-electron chi connectivity index (χ3n) is 5.92. The summed E-state index contributed by atoms with van der Waals surface area (Å²) in [5.41, 5.74) is 9.68. The number of fused-ring (bicyclic) bond motifs is 2. The second-order valence-electron chi connectivity index (χ2n) is 8.20. The Morgan fingerprint density at radius 2 is 2.09 bits per heavy atom. The molecule has 8 heteroatoms. The molecular formula is C24H25F2N5O. The maximum Gasteiger partial charge on any atom is 0.264 e. The third kappa shape index (κ3) is 3.55. The highest BCUT2D eigenvalue weighted by molar-refractivity contribution is 6.09. The number of hydrogen-bond donors (Lipinski definition) is 3. The molecule has 3 aromatic rings. The first kappa shape index (κ1) is 21.7. The van der Waals surface area contributed by atoms with Crippen molar-refractivity contribution in [3.05, 3.63) is 58.5 Å². The number of aromatic amines is 1. The largest absolute Gasteiger partial charge is 0.404 e. The van der Waals surface area contributed by atoms with Gasteiger partial charge in [-0.05, 0) is 48.1 Å². The lowest BCUT2D eigenvalue weighted by Gasteiger charge is -2.32. The minimum absolute atomic E-state index is 0.101. The van der Waals surface area contributed by atoms with E-state index in [4.69, 9.17) is 16.1 Å². The highest BCUT2D eigenvalue weighted by atomic mass is 19.3. The van der Waals surface area contributed by atoms with E-state index in [1.54, 1.807) is 12.3 Å². The molecule has 0 aliphatic carbocycles. The first-order chi connectivity index (χ1) is 15.4. The molecule has 4 rings (SSSR count). The van der Waals surface area contributed by atoms with Gasteiger partial charge >= 0.3 is 0 Å². The second kappa shape index (κ2) is 8.53. The van der Waals surface area contributed by atoms with E-state index >= 15 is 0 Å². The lowest BCUT2D eigenvalue weighted by molar-refractivity contribution is 0.112. The molecule has 1 aliphatic rings. The van der Waals surface area contributed by atoms with Gasteiger partial charge in [0.25, 0.3) is 6.43 Å². The Kier molecular flexibility index (Phi) is 5.78. The summed E-state index contributed by atoms with van der Waals surface area (Å²) in [6, 6.07) is 5.04. The molecule has 0 saturated carbocycles. The van der Waals surface area contributed by atoms with Gasteiger partial charge in [0.05, 0.1) is 11.2 Å². The molecule has 1 aliphatic heterocycles. The van der Waals surface area contributed by atoms with E-state index in [1.807, 2.05) is 24.8 Å². The summed E-state index contributed by atoms with van der Waals surface area (Å²) in [5.74, 6) is 0.725. The number of hydrogen-bond acceptors (Lipinski definition) is 5. The Bertz CT molecular complexity index is 1230. The number of benzene rings is 1. The van der Waals surface area contributed by atoms with Gasteiger partial charge < -0.3 is 21.0 Å². The normalized spacial score (nSPS) is 14.3. The minimum atomic E-state index is -2.72. The van der Waals surface area contributed by atoms with E-state index in [1.165, 1.54) is 12.3 Å². The summed E-state index contributed by atoms with van der Waals surface area (Å²) in [6.45, 7) is 4.67. The lowest BCUT2D eigenvalue weighted by Crippen LogP contribution is -2.26. The van der Waals surface area contributed by atoms with Crippen molar-refractivity contribution in [2.24, 2.45) is 5.73 Å². The molecule has 6 nitrogen and oxygen atoms in total.